The number of carbonyl (C=O) groups is 3. The molecule has 3 aromatic carbocycles. The van der Waals surface area contributed by atoms with Crippen LogP contribution in [0.3, 0.4) is 0 Å². The van der Waals surface area contributed by atoms with Crippen LogP contribution in [0.25, 0.3) is 10.8 Å². The van der Waals surface area contributed by atoms with Gasteiger partial charge in [-0.2, -0.15) is 0 Å². The van der Waals surface area contributed by atoms with Crippen LogP contribution in [0.5, 0.6) is 0 Å². The lowest BCUT2D eigenvalue weighted by Gasteiger charge is -2.31. The van der Waals surface area contributed by atoms with Gasteiger partial charge in [-0.05, 0) is 53.8 Å². The summed E-state index contributed by atoms with van der Waals surface area (Å²) in [6.07, 6.45) is 2.44. The minimum absolute atomic E-state index is 0.0463. The predicted octanol–water partition coefficient (Wildman–Crippen LogP) is 4.85. The van der Waals surface area contributed by atoms with Crippen molar-refractivity contribution < 1.29 is 14.4 Å². The van der Waals surface area contributed by atoms with Gasteiger partial charge in [-0.25, -0.2) is 0 Å². The molecule has 3 amide bonds. The molecule has 1 aliphatic rings. The fourth-order valence-electron chi connectivity index (χ4n) is 5.20. The summed E-state index contributed by atoms with van der Waals surface area (Å²) in [5, 5.41) is 12.3. The van der Waals surface area contributed by atoms with Crippen LogP contribution in [0.4, 0.5) is 0 Å². The van der Waals surface area contributed by atoms with Gasteiger partial charge < -0.3 is 20.9 Å². The van der Waals surface area contributed by atoms with Crippen molar-refractivity contribution in [1.82, 2.24) is 20.9 Å². The summed E-state index contributed by atoms with van der Waals surface area (Å²) < 4.78 is 0. The van der Waals surface area contributed by atoms with Crippen molar-refractivity contribution in [3.63, 3.8) is 0 Å². The Morgan fingerprint density at radius 3 is 2.46 bits per heavy atom. The summed E-state index contributed by atoms with van der Waals surface area (Å²) >= 11 is 6.22. The zero-order chi connectivity index (χ0) is 29.4. The number of hydrogen-bond acceptors (Lipinski definition) is 4. The molecule has 4 rings (SSSR count). The van der Waals surface area contributed by atoms with Gasteiger partial charge in [-0.1, -0.05) is 93.0 Å². The smallest absolute Gasteiger partial charge is 0.243 e. The van der Waals surface area contributed by atoms with Crippen LogP contribution in [0.1, 0.15) is 51.2 Å². The van der Waals surface area contributed by atoms with Crippen LogP contribution in [0, 0.1) is 5.41 Å². The lowest BCUT2D eigenvalue weighted by Crippen LogP contribution is -2.55. The second-order valence-electron chi connectivity index (χ2n) is 11.8. The molecule has 7 nitrogen and oxygen atoms in total. The molecular weight excluding hydrogens is 536 g/mol. The molecule has 8 heteroatoms. The molecule has 2 atom stereocenters. The molecule has 1 fully saturated rings. The third-order valence-electron chi connectivity index (χ3n) is 7.45. The predicted molar refractivity (Wildman–Crippen MR) is 165 cm³/mol. The minimum atomic E-state index is -0.757. The normalized spacial score (nSPS) is 16.0. The number of hydrogen-bond donors (Lipinski definition) is 3. The SMILES string of the molecule is CC(C)(C)C(=O)N1CCCC1C(=O)N[C@H](Cc1ccc2ccccc2c1)C(=O)NCCCNCc1ccccc1Cl. The van der Waals surface area contributed by atoms with Gasteiger partial charge in [0.15, 0.2) is 0 Å². The van der Waals surface area contributed by atoms with Crippen molar-refractivity contribution in [3.8, 4) is 0 Å². The van der Waals surface area contributed by atoms with Crippen LogP contribution in [0.2, 0.25) is 5.02 Å². The highest BCUT2D eigenvalue weighted by atomic mass is 35.5. The Morgan fingerprint density at radius 2 is 1.71 bits per heavy atom. The molecule has 0 saturated carbocycles. The molecule has 0 spiro atoms. The lowest BCUT2D eigenvalue weighted by molar-refractivity contribution is -0.145. The molecular formula is C33H41ClN4O3. The standard InChI is InChI=1S/C33H41ClN4O3/c1-33(2,3)32(41)38-19-8-14-29(38)31(40)37-28(21-23-15-16-24-10-4-5-11-25(24)20-23)30(39)36-18-9-17-35-22-26-12-6-7-13-27(26)34/h4-7,10-13,15-16,20,28-29,35H,8-9,14,17-19,21-22H2,1-3H3,(H,36,39)(H,37,40)/t28-,29?/m1/s1. The van der Waals surface area contributed by atoms with Crippen molar-refractivity contribution in [2.24, 2.45) is 5.41 Å². The monoisotopic (exact) mass is 576 g/mol. The average molecular weight is 577 g/mol. The number of benzene rings is 3. The Balaban J connectivity index is 1.39. The number of amides is 3. The number of carbonyl (C=O) groups excluding carboxylic acids is 3. The van der Waals surface area contributed by atoms with E-state index < -0.39 is 17.5 Å². The second-order valence-corrected chi connectivity index (χ2v) is 12.2. The number of likely N-dealkylation sites (tertiary alicyclic amines) is 1. The Hall–Kier alpha value is -3.42. The molecule has 41 heavy (non-hydrogen) atoms. The third kappa shape index (κ3) is 8.30. The molecule has 3 aromatic rings. The van der Waals surface area contributed by atoms with E-state index in [1.807, 2.05) is 81.4 Å². The summed E-state index contributed by atoms with van der Waals surface area (Å²) in [5.41, 5.74) is 1.41. The summed E-state index contributed by atoms with van der Waals surface area (Å²) in [4.78, 5) is 41.5. The van der Waals surface area contributed by atoms with Gasteiger partial charge in [0.1, 0.15) is 12.1 Å². The van der Waals surface area contributed by atoms with Crippen molar-refractivity contribution in [1.29, 1.82) is 0 Å². The Labute approximate surface area is 248 Å². The number of halogens is 1. The first-order chi connectivity index (χ1) is 19.6. The van der Waals surface area contributed by atoms with Crippen LogP contribution >= 0.6 is 11.6 Å². The molecule has 1 aliphatic heterocycles. The molecule has 1 heterocycles. The highest BCUT2D eigenvalue weighted by molar-refractivity contribution is 6.31. The first kappa shape index (κ1) is 30.5. The van der Waals surface area contributed by atoms with E-state index in [2.05, 4.69) is 22.0 Å². The summed E-state index contributed by atoms with van der Waals surface area (Å²) in [7, 11) is 0. The van der Waals surface area contributed by atoms with Gasteiger partial charge in [-0.15, -0.1) is 0 Å². The molecule has 0 aliphatic carbocycles. The highest BCUT2D eigenvalue weighted by Crippen LogP contribution is 2.26. The van der Waals surface area contributed by atoms with E-state index in [9.17, 15) is 14.4 Å². The van der Waals surface area contributed by atoms with Crippen molar-refractivity contribution >= 4 is 40.1 Å². The topological polar surface area (TPSA) is 90.5 Å². The first-order valence-electron chi connectivity index (χ1n) is 14.4. The van der Waals surface area contributed by atoms with Crippen LogP contribution in [0.15, 0.2) is 66.7 Å². The van der Waals surface area contributed by atoms with Crippen molar-refractivity contribution in [3.05, 3.63) is 82.9 Å². The largest absolute Gasteiger partial charge is 0.354 e. The zero-order valence-corrected chi connectivity index (χ0v) is 25.0. The minimum Gasteiger partial charge on any atom is -0.354 e. The Kier molecular flexibility index (Phi) is 10.4. The van der Waals surface area contributed by atoms with Crippen LogP contribution in [-0.4, -0.2) is 54.3 Å². The number of fused-ring (bicyclic) bond motifs is 1. The maximum Gasteiger partial charge on any atom is 0.243 e. The van der Waals surface area contributed by atoms with E-state index in [0.717, 1.165) is 39.8 Å². The van der Waals surface area contributed by atoms with E-state index in [4.69, 9.17) is 11.6 Å². The maximum absolute atomic E-state index is 13.5. The van der Waals surface area contributed by atoms with Crippen molar-refractivity contribution in [2.45, 2.75) is 65.1 Å². The molecule has 1 unspecified atom stereocenters. The van der Waals surface area contributed by atoms with Gasteiger partial charge >= 0.3 is 0 Å². The van der Waals surface area contributed by atoms with E-state index in [1.54, 1.807) is 4.90 Å². The third-order valence-corrected chi connectivity index (χ3v) is 7.82. The number of nitrogens with zero attached hydrogens (tertiary/aromatic N) is 1. The summed E-state index contributed by atoms with van der Waals surface area (Å²) in [6, 6.07) is 20.5. The fourth-order valence-corrected chi connectivity index (χ4v) is 5.41. The van der Waals surface area contributed by atoms with Gasteiger partial charge in [0.25, 0.3) is 0 Å². The van der Waals surface area contributed by atoms with Gasteiger partial charge in [0.2, 0.25) is 17.7 Å². The average Bonchev–Trinajstić information content (AvgIpc) is 3.44. The highest BCUT2D eigenvalue weighted by Gasteiger charge is 2.39. The lowest BCUT2D eigenvalue weighted by atomic mass is 9.94. The second kappa shape index (κ2) is 14.0. The Bertz CT molecular complexity index is 1370. The first-order valence-corrected chi connectivity index (χ1v) is 14.8. The number of nitrogens with one attached hydrogen (secondary N) is 3. The van der Waals surface area contributed by atoms with Gasteiger partial charge in [0.05, 0.1) is 0 Å². The molecule has 3 N–H and O–H groups in total. The van der Waals surface area contributed by atoms with Gasteiger partial charge in [-0.3, -0.25) is 14.4 Å². The van der Waals surface area contributed by atoms with Crippen molar-refractivity contribution in [2.75, 3.05) is 19.6 Å². The maximum atomic E-state index is 13.5. The number of rotatable bonds is 11. The van der Waals surface area contributed by atoms with E-state index in [-0.39, 0.29) is 17.7 Å². The van der Waals surface area contributed by atoms with Crippen LogP contribution < -0.4 is 16.0 Å². The Morgan fingerprint density at radius 1 is 0.976 bits per heavy atom. The van der Waals surface area contributed by atoms with Gasteiger partial charge in [0, 0.05) is 36.5 Å². The fraction of sp³-hybridized carbons (Fsp3) is 0.424. The molecule has 0 bridgehead atoms. The molecule has 0 aromatic heterocycles. The molecule has 0 radical (unpaired) electrons. The summed E-state index contributed by atoms with van der Waals surface area (Å²) in [6.45, 7) is 7.97. The van der Waals surface area contributed by atoms with E-state index >= 15 is 0 Å². The van der Waals surface area contributed by atoms with Crippen LogP contribution in [-0.2, 0) is 27.3 Å². The summed E-state index contributed by atoms with van der Waals surface area (Å²) in [5.74, 6) is -0.554. The quantitative estimate of drug-likeness (QED) is 0.285. The molecule has 218 valence electrons. The van der Waals surface area contributed by atoms with E-state index in [0.29, 0.717) is 39.0 Å². The zero-order valence-electron chi connectivity index (χ0n) is 24.2. The molecule has 1 saturated heterocycles. The van der Waals surface area contributed by atoms with E-state index in [1.165, 1.54) is 0 Å².